The van der Waals surface area contributed by atoms with Crippen molar-refractivity contribution in [3.8, 4) is 0 Å². The van der Waals surface area contributed by atoms with E-state index in [1.54, 1.807) is 12.1 Å². The molecule has 1 N–H and O–H groups in total. The molecule has 0 fully saturated rings. The fraction of sp³-hybridized carbons (Fsp3) is 0.350. The van der Waals surface area contributed by atoms with Crippen LogP contribution in [0.15, 0.2) is 54.6 Å². The summed E-state index contributed by atoms with van der Waals surface area (Å²) in [5.74, 6) is 0.165. The number of aryl methyl sites for hydroxylation is 1. The van der Waals surface area contributed by atoms with Crippen molar-refractivity contribution >= 4 is 11.5 Å². The zero-order valence-corrected chi connectivity index (χ0v) is 14.1. The fourth-order valence-corrected chi connectivity index (χ4v) is 2.71. The van der Waals surface area contributed by atoms with E-state index >= 15 is 0 Å². The first-order chi connectivity index (χ1) is 12.0. The van der Waals surface area contributed by atoms with Crippen molar-refractivity contribution in [3.63, 3.8) is 0 Å². The van der Waals surface area contributed by atoms with Crippen LogP contribution < -0.4 is 0 Å². The van der Waals surface area contributed by atoms with Crippen LogP contribution in [0, 0.1) is 10.1 Å². The maximum Gasteiger partial charge on any atom is 0.269 e. The Morgan fingerprint density at radius 3 is 2.32 bits per heavy atom. The monoisotopic (exact) mass is 341 g/mol. The van der Waals surface area contributed by atoms with Gasteiger partial charge in [0, 0.05) is 25.0 Å². The number of benzene rings is 2. The van der Waals surface area contributed by atoms with Gasteiger partial charge in [0.05, 0.1) is 11.0 Å². The third-order valence-corrected chi connectivity index (χ3v) is 4.14. The number of Topliss-reactive ketones (excluding diaryl/α,β-unsaturated/α-hetero) is 1. The molecule has 0 spiro atoms. The molecule has 0 aliphatic carbocycles. The number of aliphatic hydroxyl groups excluding tert-OH is 1. The summed E-state index contributed by atoms with van der Waals surface area (Å²) in [7, 11) is 0. The molecule has 0 saturated heterocycles. The van der Waals surface area contributed by atoms with Crippen molar-refractivity contribution in [1.29, 1.82) is 0 Å². The van der Waals surface area contributed by atoms with E-state index in [9.17, 15) is 20.0 Å². The Labute approximate surface area is 147 Å². The van der Waals surface area contributed by atoms with Crippen LogP contribution in [-0.2, 0) is 17.6 Å². The summed E-state index contributed by atoms with van der Waals surface area (Å²) in [6, 6.07) is 16.2. The number of ketones is 1. The molecular weight excluding hydrogens is 318 g/mol. The summed E-state index contributed by atoms with van der Waals surface area (Å²) in [5.41, 5.74) is 2.09. The molecule has 0 aliphatic rings. The number of nitro groups is 1. The summed E-state index contributed by atoms with van der Waals surface area (Å²) in [6.07, 6.45) is 2.80. The van der Waals surface area contributed by atoms with E-state index in [1.807, 2.05) is 18.2 Å². The Hall–Kier alpha value is -2.53. The van der Waals surface area contributed by atoms with Crippen molar-refractivity contribution in [2.75, 3.05) is 0 Å². The van der Waals surface area contributed by atoms with Gasteiger partial charge in [-0.15, -0.1) is 0 Å². The van der Waals surface area contributed by atoms with Crippen LogP contribution in [0.5, 0.6) is 0 Å². The Morgan fingerprint density at radius 1 is 1.00 bits per heavy atom. The fourth-order valence-electron chi connectivity index (χ4n) is 2.71. The third kappa shape index (κ3) is 6.85. The number of carbonyl (C=O) groups excluding carboxylic acids is 1. The first-order valence-corrected chi connectivity index (χ1v) is 8.51. The lowest BCUT2D eigenvalue weighted by molar-refractivity contribution is -0.384. The average Bonchev–Trinajstić information content (AvgIpc) is 2.61. The zero-order valence-electron chi connectivity index (χ0n) is 14.1. The van der Waals surface area contributed by atoms with Gasteiger partial charge in [0.15, 0.2) is 0 Å². The lowest BCUT2D eigenvalue weighted by atomic mass is 10.0. The van der Waals surface area contributed by atoms with Crippen molar-refractivity contribution in [1.82, 2.24) is 0 Å². The van der Waals surface area contributed by atoms with Gasteiger partial charge >= 0.3 is 0 Å². The largest absolute Gasteiger partial charge is 0.393 e. The van der Waals surface area contributed by atoms with Crippen LogP contribution in [0.1, 0.15) is 36.8 Å². The molecule has 0 aliphatic heterocycles. The van der Waals surface area contributed by atoms with Crippen LogP contribution in [-0.4, -0.2) is 21.9 Å². The number of non-ortho nitro benzene ring substituents is 1. The predicted molar refractivity (Wildman–Crippen MR) is 96.4 cm³/mol. The molecule has 0 amide bonds. The van der Waals surface area contributed by atoms with Gasteiger partial charge in [0.1, 0.15) is 5.78 Å². The molecule has 2 aromatic carbocycles. The Bertz CT molecular complexity index is 683. The summed E-state index contributed by atoms with van der Waals surface area (Å²) in [5, 5.41) is 20.7. The molecule has 5 nitrogen and oxygen atoms in total. The Kier molecular flexibility index (Phi) is 7.29. The maximum absolute atomic E-state index is 11.9. The molecule has 2 rings (SSSR count). The molecule has 0 aromatic heterocycles. The molecule has 5 heteroatoms. The molecule has 2 aromatic rings. The van der Waals surface area contributed by atoms with Gasteiger partial charge in [-0.25, -0.2) is 0 Å². The van der Waals surface area contributed by atoms with Crippen molar-refractivity contribution in [3.05, 3.63) is 75.8 Å². The highest BCUT2D eigenvalue weighted by atomic mass is 16.6. The maximum atomic E-state index is 11.9. The molecule has 25 heavy (non-hydrogen) atoms. The minimum absolute atomic E-state index is 0.0341. The summed E-state index contributed by atoms with van der Waals surface area (Å²) in [4.78, 5) is 22.1. The van der Waals surface area contributed by atoms with Crippen molar-refractivity contribution in [2.45, 2.75) is 44.6 Å². The van der Waals surface area contributed by atoms with Crippen LogP contribution in [0.25, 0.3) is 0 Å². The second kappa shape index (κ2) is 9.69. The smallest absolute Gasteiger partial charge is 0.269 e. The minimum Gasteiger partial charge on any atom is -0.393 e. The summed E-state index contributed by atoms with van der Waals surface area (Å²) < 4.78 is 0. The van der Waals surface area contributed by atoms with Crippen LogP contribution in [0.4, 0.5) is 5.69 Å². The Balaban J connectivity index is 1.66. The second-order valence-electron chi connectivity index (χ2n) is 6.20. The molecule has 132 valence electrons. The normalized spacial score (nSPS) is 11.9. The highest BCUT2D eigenvalue weighted by molar-refractivity contribution is 5.78. The minimum atomic E-state index is -0.612. The van der Waals surface area contributed by atoms with Crippen LogP contribution in [0.2, 0.25) is 0 Å². The number of hydrogen-bond donors (Lipinski definition) is 1. The lowest BCUT2D eigenvalue weighted by Gasteiger charge is -2.10. The molecule has 0 heterocycles. The van der Waals surface area contributed by atoms with Gasteiger partial charge < -0.3 is 5.11 Å². The van der Waals surface area contributed by atoms with E-state index in [-0.39, 0.29) is 11.5 Å². The summed E-state index contributed by atoms with van der Waals surface area (Å²) >= 11 is 0. The zero-order chi connectivity index (χ0) is 18.1. The van der Waals surface area contributed by atoms with Gasteiger partial charge in [-0.2, -0.15) is 0 Å². The SMILES string of the molecule is O=C(CCCc1ccccc1)CC[C@H](O)Cc1ccc([N+](=O)[O-])cc1. The highest BCUT2D eigenvalue weighted by Crippen LogP contribution is 2.15. The first kappa shape index (κ1) is 18.8. The molecule has 0 unspecified atom stereocenters. The van der Waals surface area contributed by atoms with E-state index in [0.29, 0.717) is 25.7 Å². The van der Waals surface area contributed by atoms with E-state index < -0.39 is 11.0 Å². The van der Waals surface area contributed by atoms with Gasteiger partial charge in [-0.05, 0) is 36.8 Å². The van der Waals surface area contributed by atoms with E-state index in [0.717, 1.165) is 18.4 Å². The predicted octanol–water partition coefficient (Wildman–Crippen LogP) is 3.87. The van der Waals surface area contributed by atoms with Gasteiger partial charge in [-0.1, -0.05) is 42.5 Å². The lowest BCUT2D eigenvalue weighted by Crippen LogP contribution is -2.13. The molecule has 0 radical (unpaired) electrons. The molecule has 0 saturated carbocycles. The average molecular weight is 341 g/mol. The number of carbonyl (C=O) groups is 1. The first-order valence-electron chi connectivity index (χ1n) is 8.51. The van der Waals surface area contributed by atoms with Gasteiger partial charge in [-0.3, -0.25) is 14.9 Å². The van der Waals surface area contributed by atoms with Crippen LogP contribution >= 0.6 is 0 Å². The topological polar surface area (TPSA) is 80.4 Å². The van der Waals surface area contributed by atoms with E-state index in [4.69, 9.17) is 0 Å². The summed E-state index contributed by atoms with van der Waals surface area (Å²) in [6.45, 7) is 0. The van der Waals surface area contributed by atoms with Crippen LogP contribution in [0.3, 0.4) is 0 Å². The Morgan fingerprint density at radius 2 is 1.68 bits per heavy atom. The number of hydrogen-bond acceptors (Lipinski definition) is 4. The van der Waals surface area contributed by atoms with Gasteiger partial charge in [0.25, 0.3) is 5.69 Å². The number of aliphatic hydroxyl groups is 1. The molecular formula is C20H23NO4. The van der Waals surface area contributed by atoms with E-state index in [2.05, 4.69) is 12.1 Å². The quantitative estimate of drug-likeness (QED) is 0.525. The third-order valence-electron chi connectivity index (χ3n) is 4.14. The number of nitro benzene ring substituents is 1. The van der Waals surface area contributed by atoms with Gasteiger partial charge in [0.2, 0.25) is 0 Å². The number of rotatable bonds is 10. The second-order valence-corrected chi connectivity index (χ2v) is 6.20. The number of nitrogens with zero attached hydrogens (tertiary/aromatic N) is 1. The highest BCUT2D eigenvalue weighted by Gasteiger charge is 2.11. The van der Waals surface area contributed by atoms with Crippen molar-refractivity contribution in [2.24, 2.45) is 0 Å². The standard InChI is InChI=1S/C20H23NO4/c22-19(8-4-7-16-5-2-1-3-6-16)13-14-20(23)15-17-9-11-18(12-10-17)21(24)25/h1-3,5-6,9-12,20,23H,4,7-8,13-15H2/t20-/m0/s1. The van der Waals surface area contributed by atoms with Crippen molar-refractivity contribution < 1.29 is 14.8 Å². The molecule has 0 bridgehead atoms. The van der Waals surface area contributed by atoms with E-state index in [1.165, 1.54) is 17.7 Å². The molecule has 1 atom stereocenters.